The second kappa shape index (κ2) is 5.02. The monoisotopic (exact) mass is 272 g/mol. The molecule has 3 nitrogen and oxygen atoms in total. The lowest BCUT2D eigenvalue weighted by atomic mass is 9.89. The lowest BCUT2D eigenvalue weighted by molar-refractivity contribution is -0.114. The zero-order valence-electron chi connectivity index (χ0n) is 8.34. The first-order valence-corrected chi connectivity index (χ1v) is 7.51. The Morgan fingerprint density at radius 3 is 2.13 bits per heavy atom. The van der Waals surface area contributed by atoms with E-state index in [1.807, 2.05) is 0 Å². The molecule has 0 aromatic heterocycles. The number of carbonyl (C=O) groups is 1. The van der Waals surface area contributed by atoms with Crippen molar-refractivity contribution in [1.82, 2.24) is 0 Å². The van der Waals surface area contributed by atoms with Crippen LogP contribution in [0.4, 0.5) is 0 Å². The molecule has 0 aromatic rings. The van der Waals surface area contributed by atoms with Crippen molar-refractivity contribution in [1.29, 1.82) is 0 Å². The van der Waals surface area contributed by atoms with Gasteiger partial charge in [0.25, 0.3) is 0 Å². The van der Waals surface area contributed by atoms with E-state index in [-0.39, 0.29) is 11.6 Å². The first-order valence-electron chi connectivity index (χ1n) is 4.94. The van der Waals surface area contributed by atoms with Gasteiger partial charge in [-0.25, -0.2) is 8.42 Å². The Labute approximate surface area is 100 Å². The van der Waals surface area contributed by atoms with Crippen molar-refractivity contribution >= 4 is 38.3 Å². The van der Waals surface area contributed by atoms with Crippen molar-refractivity contribution in [2.75, 3.05) is 11.6 Å². The second-order valence-corrected chi connectivity index (χ2v) is 6.98. The largest absolute Gasteiger partial charge is 0.280 e. The van der Waals surface area contributed by atoms with Gasteiger partial charge in [0.1, 0.15) is 4.75 Å². The number of carbonyl (C=O) groups excluding carboxylic acids is 1. The lowest BCUT2D eigenvalue weighted by Crippen LogP contribution is -2.47. The molecule has 88 valence electrons. The van der Waals surface area contributed by atoms with E-state index >= 15 is 0 Å². The van der Waals surface area contributed by atoms with E-state index in [9.17, 15) is 13.2 Å². The maximum Gasteiger partial charge on any atom is 0.242 e. The third-order valence-electron chi connectivity index (χ3n) is 2.96. The smallest absolute Gasteiger partial charge is 0.242 e. The highest BCUT2D eigenvalue weighted by Gasteiger charge is 2.49. The fourth-order valence-corrected chi connectivity index (χ4v) is 4.95. The average Bonchev–Trinajstić information content (AvgIpc) is 2.18. The molecule has 1 aliphatic rings. The van der Waals surface area contributed by atoms with Gasteiger partial charge in [0, 0.05) is 5.88 Å². The molecule has 0 aliphatic heterocycles. The van der Waals surface area contributed by atoms with E-state index in [0.29, 0.717) is 12.8 Å². The lowest BCUT2D eigenvalue weighted by Gasteiger charge is -2.32. The van der Waals surface area contributed by atoms with Gasteiger partial charge in [-0.2, -0.15) is 0 Å². The Kier molecular flexibility index (Phi) is 4.44. The molecule has 15 heavy (non-hydrogen) atoms. The molecule has 0 bridgehead atoms. The van der Waals surface area contributed by atoms with E-state index in [1.54, 1.807) is 0 Å². The highest BCUT2D eigenvalue weighted by atomic mass is 35.5. The highest BCUT2D eigenvalue weighted by Crippen LogP contribution is 2.37. The van der Waals surface area contributed by atoms with Crippen LogP contribution < -0.4 is 0 Å². The minimum absolute atomic E-state index is 0.00819. The van der Waals surface area contributed by atoms with Crippen LogP contribution >= 0.6 is 23.2 Å². The standard InChI is InChI=1S/C9H14Cl2O3S/c10-6-7-15(13,14)9(8(11)12)4-2-1-3-5-9/h1-7H2. The van der Waals surface area contributed by atoms with Crippen molar-refractivity contribution in [2.45, 2.75) is 36.9 Å². The molecule has 0 atom stereocenters. The first kappa shape index (κ1) is 13.3. The second-order valence-electron chi connectivity index (χ2n) is 3.84. The predicted molar refractivity (Wildman–Crippen MR) is 61.2 cm³/mol. The molecule has 1 rings (SSSR count). The molecule has 1 aliphatic carbocycles. The van der Waals surface area contributed by atoms with Crippen LogP contribution in [0.3, 0.4) is 0 Å². The molecule has 0 unspecified atom stereocenters. The normalized spacial score (nSPS) is 21.2. The minimum Gasteiger partial charge on any atom is -0.280 e. The number of sulfone groups is 1. The predicted octanol–water partition coefficient (Wildman–Crippen LogP) is 2.11. The summed E-state index contributed by atoms with van der Waals surface area (Å²) < 4.78 is 22.6. The number of alkyl halides is 1. The van der Waals surface area contributed by atoms with Gasteiger partial charge in [-0.3, -0.25) is 4.79 Å². The molecule has 0 spiro atoms. The summed E-state index contributed by atoms with van der Waals surface area (Å²) in [4.78, 5) is 11.4. The fourth-order valence-electron chi connectivity index (χ4n) is 2.05. The molecule has 0 amide bonds. The molecule has 0 saturated heterocycles. The van der Waals surface area contributed by atoms with E-state index < -0.39 is 19.8 Å². The van der Waals surface area contributed by atoms with Gasteiger partial charge in [-0.15, -0.1) is 11.6 Å². The Balaban J connectivity index is 3.05. The average molecular weight is 273 g/mol. The number of hydrogen-bond acceptors (Lipinski definition) is 3. The summed E-state index contributed by atoms with van der Waals surface area (Å²) in [6, 6.07) is 0. The molecule has 1 fully saturated rings. The molecule has 0 aromatic carbocycles. The summed E-state index contributed by atoms with van der Waals surface area (Å²) in [6.07, 6.45) is 3.12. The minimum atomic E-state index is -3.51. The van der Waals surface area contributed by atoms with Gasteiger partial charge in [-0.1, -0.05) is 19.3 Å². The van der Waals surface area contributed by atoms with Crippen molar-refractivity contribution in [3.05, 3.63) is 0 Å². The number of hydrogen-bond donors (Lipinski definition) is 0. The zero-order chi connectivity index (χ0) is 11.5. The topological polar surface area (TPSA) is 51.2 Å². The number of rotatable bonds is 4. The van der Waals surface area contributed by atoms with E-state index in [4.69, 9.17) is 23.2 Å². The van der Waals surface area contributed by atoms with Crippen LogP contribution in [0.15, 0.2) is 0 Å². The Morgan fingerprint density at radius 1 is 1.20 bits per heavy atom. The van der Waals surface area contributed by atoms with Gasteiger partial charge in [-0.05, 0) is 24.4 Å². The first-order chi connectivity index (χ1) is 6.96. The molecule has 0 radical (unpaired) electrons. The summed E-state index contributed by atoms with van der Waals surface area (Å²) in [5.74, 6) is -0.165. The van der Waals surface area contributed by atoms with Crippen molar-refractivity contribution in [2.24, 2.45) is 0 Å². The van der Waals surface area contributed by atoms with Gasteiger partial charge >= 0.3 is 0 Å². The fraction of sp³-hybridized carbons (Fsp3) is 0.889. The van der Waals surface area contributed by atoms with Crippen molar-refractivity contribution < 1.29 is 13.2 Å². The Hall–Kier alpha value is 0.200. The van der Waals surface area contributed by atoms with E-state index in [0.717, 1.165) is 19.3 Å². The molecule has 0 N–H and O–H groups in total. The maximum absolute atomic E-state index is 12.0. The molecule has 0 heterocycles. The molecular weight excluding hydrogens is 259 g/mol. The third kappa shape index (κ3) is 2.48. The summed E-state index contributed by atoms with van der Waals surface area (Å²) in [5, 5.41) is -0.743. The van der Waals surface area contributed by atoms with Crippen LogP contribution in [-0.4, -0.2) is 30.0 Å². The SMILES string of the molecule is O=C(Cl)C1(S(=O)(=O)CCCl)CCCCC1. The van der Waals surface area contributed by atoms with Crippen molar-refractivity contribution in [3.63, 3.8) is 0 Å². The summed E-state index contributed by atoms with van der Waals surface area (Å²) in [7, 11) is -3.51. The van der Waals surface area contributed by atoms with Crippen molar-refractivity contribution in [3.8, 4) is 0 Å². The summed E-state index contributed by atoms with van der Waals surface area (Å²) >= 11 is 10.9. The Bertz CT molecular complexity index is 331. The maximum atomic E-state index is 12.0. The third-order valence-corrected chi connectivity index (χ3v) is 6.37. The molecular formula is C9H14Cl2O3S. The van der Waals surface area contributed by atoms with Gasteiger partial charge in [0.05, 0.1) is 5.75 Å². The molecule has 6 heteroatoms. The van der Waals surface area contributed by atoms with Crippen LogP contribution in [0.1, 0.15) is 32.1 Å². The zero-order valence-corrected chi connectivity index (χ0v) is 10.7. The summed E-state index contributed by atoms with van der Waals surface area (Å²) in [5.41, 5.74) is 0. The highest BCUT2D eigenvalue weighted by molar-refractivity contribution is 7.93. The van der Waals surface area contributed by atoms with E-state index in [2.05, 4.69) is 0 Å². The van der Waals surface area contributed by atoms with Gasteiger partial charge in [0.15, 0.2) is 9.84 Å². The quantitative estimate of drug-likeness (QED) is 0.582. The summed E-state index contributed by atoms with van der Waals surface area (Å²) in [6.45, 7) is 0. The van der Waals surface area contributed by atoms with Crippen LogP contribution in [-0.2, 0) is 14.6 Å². The Morgan fingerprint density at radius 2 is 1.73 bits per heavy atom. The van der Waals surface area contributed by atoms with Crippen LogP contribution in [0.5, 0.6) is 0 Å². The molecule has 1 saturated carbocycles. The van der Waals surface area contributed by atoms with Gasteiger partial charge < -0.3 is 0 Å². The number of halogens is 2. The van der Waals surface area contributed by atoms with Crippen LogP contribution in [0, 0.1) is 0 Å². The van der Waals surface area contributed by atoms with E-state index in [1.165, 1.54) is 0 Å². The van der Waals surface area contributed by atoms with Crippen LogP contribution in [0.2, 0.25) is 0 Å². The van der Waals surface area contributed by atoms with Crippen LogP contribution in [0.25, 0.3) is 0 Å². The van der Waals surface area contributed by atoms with Gasteiger partial charge in [0.2, 0.25) is 5.24 Å².